The highest BCUT2D eigenvalue weighted by molar-refractivity contribution is 5.94. The Balaban J connectivity index is 1.99. The Hall–Kier alpha value is -1.58. The van der Waals surface area contributed by atoms with Crippen LogP contribution in [-0.2, 0) is 0 Å². The van der Waals surface area contributed by atoms with Crippen molar-refractivity contribution in [3.8, 4) is 5.75 Å². The minimum atomic E-state index is -0.138. The van der Waals surface area contributed by atoms with Gasteiger partial charge in [-0.25, -0.2) is 0 Å². The van der Waals surface area contributed by atoms with E-state index >= 15 is 0 Å². The lowest BCUT2D eigenvalue weighted by molar-refractivity contribution is 0.0910. The Bertz CT molecular complexity index is 428. The van der Waals surface area contributed by atoms with Gasteiger partial charge >= 0.3 is 0 Å². The molecule has 4 heteroatoms. The summed E-state index contributed by atoms with van der Waals surface area (Å²) in [6.45, 7) is 2.11. The molecule has 1 unspecified atom stereocenters. The van der Waals surface area contributed by atoms with Gasteiger partial charge in [0.05, 0.1) is 11.8 Å². The zero-order valence-corrected chi connectivity index (χ0v) is 11.4. The number of amides is 1. The number of pyridine rings is 1. The Morgan fingerprint density at radius 3 is 2.79 bits per heavy atom. The van der Waals surface area contributed by atoms with Gasteiger partial charge in [-0.3, -0.25) is 9.78 Å². The van der Waals surface area contributed by atoms with Crippen molar-refractivity contribution in [2.24, 2.45) is 5.92 Å². The summed E-state index contributed by atoms with van der Waals surface area (Å²) >= 11 is 0. The number of hydrogen-bond acceptors (Lipinski definition) is 3. The van der Waals surface area contributed by atoms with Gasteiger partial charge in [0.25, 0.3) is 5.91 Å². The first-order valence-corrected chi connectivity index (χ1v) is 7.15. The average molecular weight is 262 g/mol. The minimum Gasteiger partial charge on any atom is -0.506 e. The number of aromatic nitrogens is 1. The van der Waals surface area contributed by atoms with Crippen molar-refractivity contribution >= 4 is 5.91 Å². The van der Waals surface area contributed by atoms with E-state index in [1.54, 1.807) is 0 Å². The first-order chi connectivity index (χ1) is 9.20. The van der Waals surface area contributed by atoms with Crippen LogP contribution in [0.25, 0.3) is 0 Å². The number of carbonyl (C=O) groups excluding carboxylic acids is 1. The zero-order valence-electron chi connectivity index (χ0n) is 11.4. The number of carbonyl (C=O) groups is 1. The van der Waals surface area contributed by atoms with Crippen LogP contribution in [0.3, 0.4) is 0 Å². The molecule has 19 heavy (non-hydrogen) atoms. The molecule has 1 aromatic heterocycles. The monoisotopic (exact) mass is 262 g/mol. The van der Waals surface area contributed by atoms with E-state index in [1.807, 2.05) is 0 Å². The maximum atomic E-state index is 12.1. The van der Waals surface area contributed by atoms with Gasteiger partial charge in [0.1, 0.15) is 5.75 Å². The van der Waals surface area contributed by atoms with Crippen LogP contribution in [0.5, 0.6) is 5.75 Å². The summed E-state index contributed by atoms with van der Waals surface area (Å²) in [4.78, 5) is 16.0. The first kappa shape index (κ1) is 13.8. The summed E-state index contributed by atoms with van der Waals surface area (Å²) in [7, 11) is 0. The number of rotatable bonds is 4. The van der Waals surface area contributed by atoms with Crippen molar-refractivity contribution < 1.29 is 9.90 Å². The molecule has 0 spiro atoms. The third kappa shape index (κ3) is 3.69. The maximum absolute atomic E-state index is 12.1. The molecule has 2 rings (SSSR count). The standard InChI is InChI=1S/C15H22N2O2/c1-2-14(11-6-4-3-5-7-11)17-15(19)12-8-13(18)10-16-9-12/h8-11,14,18H,2-7H2,1H3,(H,17,19). The molecule has 1 aliphatic rings. The average Bonchev–Trinajstić information content (AvgIpc) is 2.45. The van der Waals surface area contributed by atoms with Crippen LogP contribution in [-0.4, -0.2) is 22.0 Å². The molecule has 4 nitrogen and oxygen atoms in total. The van der Waals surface area contributed by atoms with E-state index in [-0.39, 0.29) is 17.7 Å². The normalized spacial score (nSPS) is 17.9. The van der Waals surface area contributed by atoms with Crippen molar-refractivity contribution in [1.82, 2.24) is 10.3 Å². The second kappa shape index (κ2) is 6.55. The van der Waals surface area contributed by atoms with E-state index in [2.05, 4.69) is 17.2 Å². The number of hydrogen-bond donors (Lipinski definition) is 2. The van der Waals surface area contributed by atoms with Gasteiger partial charge in [-0.05, 0) is 31.2 Å². The highest BCUT2D eigenvalue weighted by atomic mass is 16.3. The molecule has 104 valence electrons. The van der Waals surface area contributed by atoms with Gasteiger partial charge in [0, 0.05) is 12.2 Å². The van der Waals surface area contributed by atoms with Crippen molar-refractivity contribution in [2.45, 2.75) is 51.5 Å². The molecule has 1 heterocycles. The van der Waals surface area contributed by atoms with Gasteiger partial charge in [-0.15, -0.1) is 0 Å². The molecule has 0 bridgehead atoms. The van der Waals surface area contributed by atoms with Gasteiger partial charge in [-0.2, -0.15) is 0 Å². The van der Waals surface area contributed by atoms with E-state index in [1.165, 1.54) is 50.6 Å². The lowest BCUT2D eigenvalue weighted by atomic mass is 9.83. The SMILES string of the molecule is CCC(NC(=O)c1cncc(O)c1)C1CCCCC1. The lowest BCUT2D eigenvalue weighted by Crippen LogP contribution is -2.40. The van der Waals surface area contributed by atoms with E-state index in [4.69, 9.17) is 0 Å². The van der Waals surface area contributed by atoms with Crippen LogP contribution < -0.4 is 5.32 Å². The van der Waals surface area contributed by atoms with Crippen LogP contribution >= 0.6 is 0 Å². The van der Waals surface area contributed by atoms with Gasteiger partial charge in [-0.1, -0.05) is 26.2 Å². The maximum Gasteiger partial charge on any atom is 0.253 e. The Kier molecular flexibility index (Phi) is 4.77. The fourth-order valence-corrected chi connectivity index (χ4v) is 2.89. The van der Waals surface area contributed by atoms with Crippen LogP contribution in [0.2, 0.25) is 0 Å². The summed E-state index contributed by atoms with van der Waals surface area (Å²) in [6, 6.07) is 1.69. The predicted molar refractivity (Wildman–Crippen MR) is 74.0 cm³/mol. The van der Waals surface area contributed by atoms with E-state index in [0.717, 1.165) is 6.42 Å². The number of aromatic hydroxyl groups is 1. The summed E-state index contributed by atoms with van der Waals surface area (Å²) in [5, 5.41) is 12.4. The van der Waals surface area contributed by atoms with Gasteiger partial charge in [0.15, 0.2) is 0 Å². The molecule has 1 saturated carbocycles. The smallest absolute Gasteiger partial charge is 0.253 e. The molecular weight excluding hydrogens is 240 g/mol. The largest absolute Gasteiger partial charge is 0.506 e. The molecule has 1 atom stereocenters. The van der Waals surface area contributed by atoms with Crippen LogP contribution in [0.1, 0.15) is 55.8 Å². The molecule has 0 saturated heterocycles. The van der Waals surface area contributed by atoms with E-state index in [0.29, 0.717) is 11.5 Å². The summed E-state index contributed by atoms with van der Waals surface area (Å²) in [5.41, 5.74) is 0.425. The molecule has 0 radical (unpaired) electrons. The fraction of sp³-hybridized carbons (Fsp3) is 0.600. The molecular formula is C15H22N2O2. The summed E-state index contributed by atoms with van der Waals surface area (Å²) < 4.78 is 0. The number of nitrogens with zero attached hydrogens (tertiary/aromatic N) is 1. The van der Waals surface area contributed by atoms with Crippen LogP contribution in [0, 0.1) is 5.92 Å². The highest BCUT2D eigenvalue weighted by Crippen LogP contribution is 2.27. The summed E-state index contributed by atoms with van der Waals surface area (Å²) in [5.74, 6) is 0.479. The van der Waals surface area contributed by atoms with Crippen LogP contribution in [0.15, 0.2) is 18.5 Å². The quantitative estimate of drug-likeness (QED) is 0.877. The number of nitrogens with one attached hydrogen (secondary N) is 1. The van der Waals surface area contributed by atoms with E-state index < -0.39 is 0 Å². The molecule has 1 amide bonds. The van der Waals surface area contributed by atoms with Crippen molar-refractivity contribution in [1.29, 1.82) is 0 Å². The Morgan fingerprint density at radius 1 is 1.42 bits per heavy atom. The van der Waals surface area contributed by atoms with Gasteiger partial charge in [0.2, 0.25) is 0 Å². The van der Waals surface area contributed by atoms with Crippen molar-refractivity contribution in [3.63, 3.8) is 0 Å². The highest BCUT2D eigenvalue weighted by Gasteiger charge is 2.24. The van der Waals surface area contributed by atoms with E-state index in [9.17, 15) is 9.90 Å². The van der Waals surface area contributed by atoms with Crippen molar-refractivity contribution in [2.75, 3.05) is 0 Å². The molecule has 1 aliphatic carbocycles. The van der Waals surface area contributed by atoms with Crippen LogP contribution in [0.4, 0.5) is 0 Å². The Morgan fingerprint density at radius 2 is 2.16 bits per heavy atom. The molecule has 2 N–H and O–H groups in total. The minimum absolute atomic E-state index is 0.0263. The third-order valence-corrected chi connectivity index (χ3v) is 3.96. The molecule has 0 aliphatic heterocycles. The second-order valence-electron chi connectivity index (χ2n) is 5.32. The molecule has 0 aromatic carbocycles. The predicted octanol–water partition coefficient (Wildman–Crippen LogP) is 2.88. The fourth-order valence-electron chi connectivity index (χ4n) is 2.89. The third-order valence-electron chi connectivity index (χ3n) is 3.96. The van der Waals surface area contributed by atoms with Crippen molar-refractivity contribution in [3.05, 3.63) is 24.0 Å². The first-order valence-electron chi connectivity index (χ1n) is 7.15. The Labute approximate surface area is 114 Å². The lowest BCUT2D eigenvalue weighted by Gasteiger charge is -2.30. The zero-order chi connectivity index (χ0) is 13.7. The molecule has 1 fully saturated rings. The topological polar surface area (TPSA) is 62.2 Å². The summed E-state index contributed by atoms with van der Waals surface area (Å²) in [6.07, 6.45) is 10.0. The van der Waals surface area contributed by atoms with Gasteiger partial charge < -0.3 is 10.4 Å². The second-order valence-corrected chi connectivity index (χ2v) is 5.32. The molecule has 1 aromatic rings.